The first-order chi connectivity index (χ1) is 8.40. The summed E-state index contributed by atoms with van der Waals surface area (Å²) in [5, 5.41) is 0. The van der Waals surface area contributed by atoms with Gasteiger partial charge in [-0.15, -0.1) is 0 Å². The summed E-state index contributed by atoms with van der Waals surface area (Å²) in [6, 6.07) is 6.23. The zero-order valence-corrected chi connectivity index (χ0v) is 9.33. The van der Waals surface area contributed by atoms with Crippen LogP contribution in [0.4, 0.5) is 13.2 Å². The lowest BCUT2D eigenvalue weighted by Crippen LogP contribution is -2.31. The molecule has 0 radical (unpaired) electrons. The van der Waals surface area contributed by atoms with Gasteiger partial charge in [0.05, 0.1) is 11.1 Å². The number of hydrogen-bond donors (Lipinski definition) is 0. The summed E-state index contributed by atoms with van der Waals surface area (Å²) in [6.07, 6.45) is -5.53. The predicted molar refractivity (Wildman–Crippen MR) is 57.1 cm³/mol. The van der Waals surface area contributed by atoms with Gasteiger partial charge in [-0.25, -0.2) is 0 Å². The molecular weight excluding hydrogens is 247 g/mol. The fourth-order valence-electron chi connectivity index (χ4n) is 1.88. The molecule has 18 heavy (non-hydrogen) atoms. The van der Waals surface area contributed by atoms with E-state index in [2.05, 4.69) is 0 Å². The molecule has 0 spiro atoms. The number of alkyl halides is 3. The van der Waals surface area contributed by atoms with Crippen LogP contribution in [-0.2, 0) is 0 Å². The Balaban J connectivity index is 2.05. The van der Waals surface area contributed by atoms with Crippen molar-refractivity contribution < 1.29 is 22.8 Å². The largest absolute Gasteiger partial charge is 0.389 e. The van der Waals surface area contributed by atoms with Gasteiger partial charge in [0.1, 0.15) is 0 Å². The van der Waals surface area contributed by atoms with Crippen molar-refractivity contribution in [1.82, 2.24) is 4.90 Å². The van der Waals surface area contributed by atoms with E-state index in [4.69, 9.17) is 0 Å². The molecule has 3 nitrogen and oxygen atoms in total. The van der Waals surface area contributed by atoms with Crippen molar-refractivity contribution in [3.63, 3.8) is 0 Å². The Hall–Kier alpha value is -1.85. The first-order valence-corrected chi connectivity index (χ1v) is 5.42. The normalized spacial score (nSPS) is 15.2. The minimum Gasteiger partial charge on any atom is -0.274 e. The number of rotatable bonds is 3. The second-order valence-electron chi connectivity index (χ2n) is 4.03. The van der Waals surface area contributed by atoms with Gasteiger partial charge in [-0.2, -0.15) is 13.2 Å². The van der Waals surface area contributed by atoms with Crippen molar-refractivity contribution in [2.75, 3.05) is 6.54 Å². The van der Waals surface area contributed by atoms with E-state index in [1.807, 2.05) is 0 Å². The third kappa shape index (κ3) is 2.37. The van der Waals surface area contributed by atoms with E-state index in [-0.39, 0.29) is 24.1 Å². The second kappa shape index (κ2) is 4.44. The SMILES string of the molecule is O=C1c2ccccc2C(=O)N1CCCC(F)(F)F. The van der Waals surface area contributed by atoms with Gasteiger partial charge < -0.3 is 0 Å². The molecule has 0 N–H and O–H groups in total. The topological polar surface area (TPSA) is 37.4 Å². The number of amides is 2. The van der Waals surface area contributed by atoms with E-state index in [0.717, 1.165) is 4.90 Å². The minimum absolute atomic E-state index is 0.203. The van der Waals surface area contributed by atoms with Crippen molar-refractivity contribution in [1.29, 1.82) is 0 Å². The van der Waals surface area contributed by atoms with Crippen LogP contribution >= 0.6 is 0 Å². The second-order valence-corrected chi connectivity index (χ2v) is 4.03. The number of fused-ring (bicyclic) bond motifs is 1. The number of halogens is 3. The van der Waals surface area contributed by atoms with E-state index in [0.29, 0.717) is 0 Å². The zero-order valence-electron chi connectivity index (χ0n) is 9.33. The highest BCUT2D eigenvalue weighted by Gasteiger charge is 2.35. The molecule has 0 saturated heterocycles. The van der Waals surface area contributed by atoms with Crippen LogP contribution in [0.25, 0.3) is 0 Å². The molecule has 2 rings (SSSR count). The average Bonchev–Trinajstić information content (AvgIpc) is 2.53. The number of imide groups is 1. The van der Waals surface area contributed by atoms with Crippen LogP contribution in [0.5, 0.6) is 0 Å². The van der Waals surface area contributed by atoms with Crippen molar-refractivity contribution >= 4 is 11.8 Å². The van der Waals surface area contributed by atoms with Crippen LogP contribution < -0.4 is 0 Å². The molecule has 0 saturated carbocycles. The molecule has 0 atom stereocenters. The number of carbonyl (C=O) groups is 2. The number of nitrogens with zero attached hydrogens (tertiary/aromatic N) is 1. The van der Waals surface area contributed by atoms with Crippen LogP contribution in [-0.4, -0.2) is 29.4 Å². The summed E-state index contributed by atoms with van der Waals surface area (Å²) in [5.41, 5.74) is 0.518. The quantitative estimate of drug-likeness (QED) is 0.780. The van der Waals surface area contributed by atoms with Crippen molar-refractivity contribution in [3.05, 3.63) is 35.4 Å². The van der Waals surface area contributed by atoms with Crippen LogP contribution in [0, 0.1) is 0 Å². The van der Waals surface area contributed by atoms with E-state index >= 15 is 0 Å². The van der Waals surface area contributed by atoms with Crippen LogP contribution in [0.2, 0.25) is 0 Å². The molecule has 1 aromatic rings. The van der Waals surface area contributed by atoms with E-state index in [9.17, 15) is 22.8 Å². The third-order valence-electron chi connectivity index (χ3n) is 2.72. The summed E-state index contributed by atoms with van der Waals surface area (Å²) in [6.45, 7) is -0.203. The molecule has 0 aromatic heterocycles. The zero-order chi connectivity index (χ0) is 13.3. The van der Waals surface area contributed by atoms with E-state index < -0.39 is 24.4 Å². The molecule has 0 fully saturated rings. The van der Waals surface area contributed by atoms with Gasteiger partial charge in [-0.3, -0.25) is 14.5 Å². The van der Waals surface area contributed by atoms with Gasteiger partial charge in [-0.1, -0.05) is 12.1 Å². The fourth-order valence-corrected chi connectivity index (χ4v) is 1.88. The first kappa shape index (κ1) is 12.6. The maximum Gasteiger partial charge on any atom is 0.389 e. The van der Waals surface area contributed by atoms with Gasteiger partial charge in [0.25, 0.3) is 11.8 Å². The smallest absolute Gasteiger partial charge is 0.274 e. The highest BCUT2D eigenvalue weighted by molar-refractivity contribution is 6.21. The first-order valence-electron chi connectivity index (χ1n) is 5.42. The van der Waals surface area contributed by atoms with Crippen molar-refractivity contribution in [3.8, 4) is 0 Å². The van der Waals surface area contributed by atoms with E-state index in [1.165, 1.54) is 12.1 Å². The predicted octanol–water partition coefficient (Wildman–Crippen LogP) is 2.63. The molecule has 1 aliphatic heterocycles. The maximum absolute atomic E-state index is 12.0. The molecule has 0 bridgehead atoms. The number of benzene rings is 1. The standard InChI is InChI=1S/C12H10F3NO2/c13-12(14,15)6-3-7-16-10(17)8-4-1-2-5-9(8)11(16)18/h1-2,4-5H,3,6-7H2. The Morgan fingerprint density at radius 1 is 1.00 bits per heavy atom. The average molecular weight is 257 g/mol. The summed E-state index contributed by atoms with van der Waals surface area (Å²) >= 11 is 0. The Labute approximate surface area is 101 Å². The van der Waals surface area contributed by atoms with Crippen LogP contribution in [0.1, 0.15) is 33.6 Å². The van der Waals surface area contributed by atoms with Gasteiger partial charge in [0, 0.05) is 13.0 Å². The fraction of sp³-hybridized carbons (Fsp3) is 0.333. The van der Waals surface area contributed by atoms with Gasteiger partial charge in [-0.05, 0) is 18.6 Å². The lowest BCUT2D eigenvalue weighted by atomic mass is 10.1. The highest BCUT2D eigenvalue weighted by Crippen LogP contribution is 2.25. The van der Waals surface area contributed by atoms with Crippen molar-refractivity contribution in [2.45, 2.75) is 19.0 Å². The lowest BCUT2D eigenvalue weighted by molar-refractivity contribution is -0.135. The van der Waals surface area contributed by atoms with E-state index in [1.54, 1.807) is 12.1 Å². The Bertz CT molecular complexity index is 461. The molecular formula is C12H10F3NO2. The summed E-state index contributed by atoms with van der Waals surface area (Å²) in [5.74, 6) is -1.03. The Kier molecular flexibility index (Phi) is 3.11. The van der Waals surface area contributed by atoms with Gasteiger partial charge in [0.15, 0.2) is 0 Å². The van der Waals surface area contributed by atoms with Crippen LogP contribution in [0.15, 0.2) is 24.3 Å². The van der Waals surface area contributed by atoms with Gasteiger partial charge in [0.2, 0.25) is 0 Å². The Morgan fingerprint density at radius 2 is 1.50 bits per heavy atom. The maximum atomic E-state index is 12.0. The summed E-state index contributed by atoms with van der Waals surface area (Å²) < 4.78 is 36.0. The summed E-state index contributed by atoms with van der Waals surface area (Å²) in [7, 11) is 0. The van der Waals surface area contributed by atoms with Crippen LogP contribution in [0.3, 0.4) is 0 Å². The molecule has 6 heteroatoms. The molecule has 96 valence electrons. The molecule has 0 unspecified atom stereocenters. The monoisotopic (exact) mass is 257 g/mol. The molecule has 1 aromatic carbocycles. The molecule has 2 amide bonds. The van der Waals surface area contributed by atoms with Gasteiger partial charge >= 0.3 is 6.18 Å². The molecule has 1 heterocycles. The summed E-state index contributed by atoms with van der Waals surface area (Å²) in [4.78, 5) is 24.4. The molecule has 0 aliphatic carbocycles. The highest BCUT2D eigenvalue weighted by atomic mass is 19.4. The Morgan fingerprint density at radius 3 is 1.94 bits per heavy atom. The molecule has 1 aliphatic rings. The minimum atomic E-state index is -4.27. The number of carbonyl (C=O) groups excluding carboxylic acids is 2. The third-order valence-corrected chi connectivity index (χ3v) is 2.72. The van der Waals surface area contributed by atoms with Crippen molar-refractivity contribution in [2.24, 2.45) is 0 Å². The lowest BCUT2D eigenvalue weighted by Gasteiger charge is -2.14. The number of hydrogen-bond acceptors (Lipinski definition) is 2.